The fourth-order valence-corrected chi connectivity index (χ4v) is 2.66. The van der Waals surface area contributed by atoms with E-state index in [0.717, 1.165) is 27.7 Å². The monoisotopic (exact) mass is 364 g/mol. The molecular weight excluding hydrogens is 340 g/mol. The van der Waals surface area contributed by atoms with Crippen molar-refractivity contribution in [1.82, 2.24) is 15.7 Å². The lowest BCUT2D eigenvalue weighted by atomic mass is 10.2. The number of carbonyl (C=O) groups excluding carboxylic acids is 1. The number of hydrogen-bond acceptors (Lipinski definition) is 3. The van der Waals surface area contributed by atoms with Crippen molar-refractivity contribution >= 4 is 28.7 Å². The van der Waals surface area contributed by atoms with Gasteiger partial charge in [-0.15, -0.1) is 0 Å². The first-order chi connectivity index (χ1) is 12.7. The Hall–Kier alpha value is -3.38. The van der Waals surface area contributed by atoms with Crippen molar-refractivity contribution in [2.75, 3.05) is 6.54 Å². The van der Waals surface area contributed by atoms with Gasteiger partial charge >= 0.3 is 0 Å². The van der Waals surface area contributed by atoms with Crippen molar-refractivity contribution in [2.24, 2.45) is 5.10 Å². The Morgan fingerprint density at radius 3 is 2.67 bits per heavy atom. The van der Waals surface area contributed by atoms with Crippen molar-refractivity contribution in [3.05, 3.63) is 78.5 Å². The second-order valence-corrected chi connectivity index (χ2v) is 5.96. The van der Waals surface area contributed by atoms with E-state index in [0.29, 0.717) is 19.4 Å². The van der Waals surface area contributed by atoms with Crippen LogP contribution in [0.1, 0.15) is 24.0 Å². The van der Waals surface area contributed by atoms with E-state index in [2.05, 4.69) is 27.4 Å². The number of para-hydroxylation sites is 1. The molecule has 0 aliphatic carbocycles. The smallest absolute Gasteiger partial charge is 0.240 e. The number of aromatic nitrogens is 1. The van der Waals surface area contributed by atoms with E-state index in [4.69, 9.17) is 0 Å². The average Bonchev–Trinajstić information content (AvgIpc) is 3.09. The fraction of sp³-hybridized carbons (Fsp3) is 0.143. The molecule has 0 spiro atoms. The molecule has 27 heavy (non-hydrogen) atoms. The molecule has 5 N–H and O–H groups in total. The van der Waals surface area contributed by atoms with Crippen molar-refractivity contribution in [1.29, 1.82) is 0 Å². The molecule has 2 aromatic carbocycles. The SMILES string of the molecule is C=C(NCCCC(=O)N/N=C\c1c[nH]c2ccccc12)c1ccccc1.O. The van der Waals surface area contributed by atoms with Crippen LogP contribution in [-0.4, -0.2) is 29.1 Å². The van der Waals surface area contributed by atoms with Gasteiger partial charge in [0.2, 0.25) is 5.91 Å². The van der Waals surface area contributed by atoms with E-state index in [1.807, 2.05) is 60.8 Å². The standard InChI is InChI=1S/C21H22N4O.H2O/c1-16(17-8-3-2-4-9-17)22-13-7-12-21(26)25-24-15-18-14-23-20-11-6-5-10-19(18)20;/h2-6,8-11,14-15,22-23H,1,7,12-13H2,(H,25,26);1H2/b24-15-;. The van der Waals surface area contributed by atoms with E-state index in [1.54, 1.807) is 6.21 Å². The van der Waals surface area contributed by atoms with Gasteiger partial charge in [0.25, 0.3) is 0 Å². The molecule has 0 saturated heterocycles. The van der Waals surface area contributed by atoms with Crippen LogP contribution in [-0.2, 0) is 4.79 Å². The molecule has 1 amide bonds. The molecule has 6 nitrogen and oxygen atoms in total. The number of aromatic amines is 1. The Morgan fingerprint density at radius 1 is 1.11 bits per heavy atom. The molecule has 0 aliphatic rings. The third kappa shape index (κ3) is 5.55. The molecule has 1 heterocycles. The van der Waals surface area contributed by atoms with E-state index >= 15 is 0 Å². The van der Waals surface area contributed by atoms with Crippen LogP contribution in [0, 0.1) is 0 Å². The van der Waals surface area contributed by atoms with Crippen LogP contribution in [0.15, 0.2) is 72.5 Å². The Balaban J connectivity index is 0.00000261. The van der Waals surface area contributed by atoms with E-state index in [-0.39, 0.29) is 11.4 Å². The van der Waals surface area contributed by atoms with Gasteiger partial charge in [0.15, 0.2) is 0 Å². The van der Waals surface area contributed by atoms with Crippen LogP contribution in [0.25, 0.3) is 16.6 Å². The predicted molar refractivity (Wildman–Crippen MR) is 110 cm³/mol. The summed E-state index contributed by atoms with van der Waals surface area (Å²) in [6, 6.07) is 17.9. The number of hydrazone groups is 1. The summed E-state index contributed by atoms with van der Waals surface area (Å²) in [4.78, 5) is 15.0. The number of rotatable bonds is 8. The lowest BCUT2D eigenvalue weighted by Gasteiger charge is -2.09. The molecular formula is C21H24N4O2. The zero-order valence-corrected chi connectivity index (χ0v) is 15.0. The summed E-state index contributed by atoms with van der Waals surface area (Å²) >= 11 is 0. The van der Waals surface area contributed by atoms with E-state index in [1.165, 1.54) is 0 Å². The van der Waals surface area contributed by atoms with Gasteiger partial charge in [0.1, 0.15) is 0 Å². The Kier molecular flexibility index (Phi) is 7.34. The molecule has 0 bridgehead atoms. The van der Waals surface area contributed by atoms with Crippen LogP contribution in [0.4, 0.5) is 0 Å². The van der Waals surface area contributed by atoms with E-state index < -0.39 is 0 Å². The predicted octanol–water partition coefficient (Wildman–Crippen LogP) is 2.83. The first-order valence-electron chi connectivity index (χ1n) is 8.60. The summed E-state index contributed by atoms with van der Waals surface area (Å²) in [5.74, 6) is -0.104. The Morgan fingerprint density at radius 2 is 1.85 bits per heavy atom. The van der Waals surface area contributed by atoms with Gasteiger partial charge in [0.05, 0.1) is 6.21 Å². The first-order valence-corrected chi connectivity index (χ1v) is 8.60. The maximum Gasteiger partial charge on any atom is 0.240 e. The molecule has 3 aromatic rings. The second-order valence-electron chi connectivity index (χ2n) is 5.96. The number of fused-ring (bicyclic) bond motifs is 1. The maximum absolute atomic E-state index is 11.9. The van der Waals surface area contributed by atoms with Gasteiger partial charge in [-0.1, -0.05) is 55.1 Å². The summed E-state index contributed by atoms with van der Waals surface area (Å²) in [6.45, 7) is 4.69. The summed E-state index contributed by atoms with van der Waals surface area (Å²) < 4.78 is 0. The molecule has 0 unspecified atom stereocenters. The molecule has 6 heteroatoms. The third-order valence-corrected chi connectivity index (χ3v) is 4.06. The third-order valence-electron chi connectivity index (χ3n) is 4.06. The zero-order chi connectivity index (χ0) is 18.2. The summed E-state index contributed by atoms with van der Waals surface area (Å²) in [6.07, 6.45) is 4.65. The number of nitrogens with one attached hydrogen (secondary N) is 3. The molecule has 140 valence electrons. The molecule has 0 saturated carbocycles. The highest BCUT2D eigenvalue weighted by atomic mass is 16.2. The molecule has 0 atom stereocenters. The van der Waals surface area contributed by atoms with Crippen molar-refractivity contribution in [3.63, 3.8) is 0 Å². The molecule has 3 rings (SSSR count). The first kappa shape index (κ1) is 19.9. The zero-order valence-electron chi connectivity index (χ0n) is 15.0. The minimum atomic E-state index is -0.104. The molecule has 1 aromatic heterocycles. The number of carbonyl (C=O) groups is 1. The Bertz CT molecular complexity index is 916. The molecule has 0 radical (unpaired) electrons. The van der Waals surface area contributed by atoms with Gasteiger partial charge in [-0.05, 0) is 18.1 Å². The number of nitrogens with zero attached hydrogens (tertiary/aromatic N) is 1. The van der Waals surface area contributed by atoms with Crippen LogP contribution in [0.3, 0.4) is 0 Å². The molecule has 0 fully saturated rings. The van der Waals surface area contributed by atoms with Crippen LogP contribution in [0.5, 0.6) is 0 Å². The molecule has 0 aliphatic heterocycles. The van der Waals surface area contributed by atoms with Gasteiger partial charge in [0, 0.05) is 41.3 Å². The number of amides is 1. The lowest BCUT2D eigenvalue weighted by molar-refractivity contribution is -0.121. The summed E-state index contributed by atoms with van der Waals surface area (Å²) in [7, 11) is 0. The van der Waals surface area contributed by atoms with Crippen LogP contribution >= 0.6 is 0 Å². The van der Waals surface area contributed by atoms with Gasteiger partial charge in [-0.25, -0.2) is 5.43 Å². The number of H-pyrrole nitrogens is 1. The van der Waals surface area contributed by atoms with Crippen molar-refractivity contribution < 1.29 is 10.3 Å². The lowest BCUT2D eigenvalue weighted by Crippen LogP contribution is -2.20. The van der Waals surface area contributed by atoms with Gasteiger partial charge < -0.3 is 15.8 Å². The minimum Gasteiger partial charge on any atom is -0.412 e. The Labute approximate surface area is 158 Å². The second kappa shape index (κ2) is 9.94. The highest BCUT2D eigenvalue weighted by Crippen LogP contribution is 2.15. The van der Waals surface area contributed by atoms with Crippen LogP contribution in [0.2, 0.25) is 0 Å². The number of hydrogen-bond donors (Lipinski definition) is 3. The quantitative estimate of drug-likeness (QED) is 0.325. The topological polar surface area (TPSA) is 101 Å². The summed E-state index contributed by atoms with van der Waals surface area (Å²) in [5.41, 5.74) is 6.48. The van der Waals surface area contributed by atoms with Crippen molar-refractivity contribution in [2.45, 2.75) is 12.8 Å². The normalized spacial score (nSPS) is 10.5. The van der Waals surface area contributed by atoms with Crippen molar-refractivity contribution in [3.8, 4) is 0 Å². The maximum atomic E-state index is 11.9. The largest absolute Gasteiger partial charge is 0.412 e. The van der Waals surface area contributed by atoms with Gasteiger partial charge in [-0.2, -0.15) is 5.10 Å². The van der Waals surface area contributed by atoms with E-state index in [9.17, 15) is 4.79 Å². The highest BCUT2D eigenvalue weighted by molar-refractivity contribution is 5.99. The summed E-state index contributed by atoms with van der Waals surface area (Å²) in [5, 5.41) is 8.36. The van der Waals surface area contributed by atoms with Crippen LogP contribution < -0.4 is 10.7 Å². The minimum absolute atomic E-state index is 0. The fourth-order valence-electron chi connectivity index (χ4n) is 2.66. The highest BCUT2D eigenvalue weighted by Gasteiger charge is 2.02. The van der Waals surface area contributed by atoms with Gasteiger partial charge in [-0.3, -0.25) is 4.79 Å². The average molecular weight is 364 g/mol. The number of benzene rings is 2.